The molecule has 126 valence electrons. The van der Waals surface area contributed by atoms with Gasteiger partial charge in [-0.05, 0) is 18.7 Å². The van der Waals surface area contributed by atoms with Gasteiger partial charge >= 0.3 is 5.69 Å². The average molecular weight is 329 g/mol. The second-order valence-corrected chi connectivity index (χ2v) is 5.69. The van der Waals surface area contributed by atoms with Crippen molar-refractivity contribution < 1.29 is 4.92 Å². The van der Waals surface area contributed by atoms with Gasteiger partial charge in [-0.1, -0.05) is 6.07 Å². The van der Waals surface area contributed by atoms with Gasteiger partial charge in [0.25, 0.3) is 0 Å². The Morgan fingerprint density at radius 1 is 1.12 bits per heavy atom. The molecule has 24 heavy (non-hydrogen) atoms. The number of nitrogens with one attached hydrogen (secondary N) is 1. The molecule has 1 aliphatic rings. The van der Waals surface area contributed by atoms with Crippen molar-refractivity contribution in [2.45, 2.75) is 6.54 Å². The molecule has 0 amide bonds. The molecule has 2 aromatic heterocycles. The third kappa shape index (κ3) is 3.93. The largest absolute Gasteiger partial charge is 0.354 e. The highest BCUT2D eigenvalue weighted by atomic mass is 16.6. The van der Waals surface area contributed by atoms with E-state index >= 15 is 0 Å². The zero-order chi connectivity index (χ0) is 16.9. The molecule has 1 fully saturated rings. The van der Waals surface area contributed by atoms with Crippen molar-refractivity contribution in [3.63, 3.8) is 0 Å². The molecule has 0 unspecified atom stereocenters. The second-order valence-electron chi connectivity index (χ2n) is 5.69. The van der Waals surface area contributed by atoms with E-state index in [0.29, 0.717) is 12.5 Å². The highest BCUT2D eigenvalue weighted by molar-refractivity contribution is 5.40. The Morgan fingerprint density at radius 3 is 2.42 bits per heavy atom. The third-order valence-electron chi connectivity index (χ3n) is 3.94. The molecule has 9 heteroatoms. The molecule has 0 bridgehead atoms. The lowest BCUT2D eigenvalue weighted by Crippen LogP contribution is -2.44. The quantitative estimate of drug-likeness (QED) is 0.644. The molecular weight excluding hydrogens is 310 g/mol. The maximum atomic E-state index is 10.6. The Kier molecular flexibility index (Phi) is 4.80. The molecule has 0 aromatic carbocycles. The lowest BCUT2D eigenvalue weighted by atomic mass is 10.2. The first kappa shape index (κ1) is 16.1. The fourth-order valence-corrected chi connectivity index (χ4v) is 2.43. The Morgan fingerprint density at radius 2 is 1.83 bits per heavy atom. The second kappa shape index (κ2) is 7.18. The Labute approximate surface area is 139 Å². The summed E-state index contributed by atoms with van der Waals surface area (Å²) in [5.41, 5.74) is 0.869. The van der Waals surface area contributed by atoms with Crippen LogP contribution in [0.4, 0.5) is 17.5 Å². The van der Waals surface area contributed by atoms with Gasteiger partial charge in [0.05, 0.1) is 4.92 Å². The summed E-state index contributed by atoms with van der Waals surface area (Å²) in [6.45, 7) is 4.56. The fourth-order valence-electron chi connectivity index (χ4n) is 2.43. The summed E-state index contributed by atoms with van der Waals surface area (Å²) in [7, 11) is 2.12. The number of pyridine rings is 1. The zero-order valence-corrected chi connectivity index (χ0v) is 13.4. The van der Waals surface area contributed by atoms with Gasteiger partial charge < -0.3 is 15.1 Å². The van der Waals surface area contributed by atoms with Gasteiger partial charge in [0.2, 0.25) is 5.95 Å². The number of hydrogen-bond acceptors (Lipinski definition) is 8. The number of anilines is 2. The number of likely N-dealkylation sites (N-methyl/N-ethyl adjacent to an activating group) is 1. The van der Waals surface area contributed by atoms with Gasteiger partial charge in [0.1, 0.15) is 18.2 Å². The van der Waals surface area contributed by atoms with Crippen LogP contribution in [0.2, 0.25) is 0 Å². The highest BCUT2D eigenvalue weighted by Gasteiger charge is 2.15. The first-order valence-electron chi connectivity index (χ1n) is 7.70. The van der Waals surface area contributed by atoms with Gasteiger partial charge in [0.15, 0.2) is 0 Å². The molecule has 2 aromatic rings. The molecule has 0 aliphatic carbocycles. The van der Waals surface area contributed by atoms with Crippen LogP contribution in [0.25, 0.3) is 0 Å². The van der Waals surface area contributed by atoms with Gasteiger partial charge in [-0.15, -0.1) is 0 Å². The van der Waals surface area contributed by atoms with E-state index in [4.69, 9.17) is 0 Å². The molecule has 1 saturated heterocycles. The summed E-state index contributed by atoms with van der Waals surface area (Å²) in [5, 5.41) is 13.6. The predicted octanol–water partition coefficient (Wildman–Crippen LogP) is 1.14. The number of piperazine rings is 1. The average Bonchev–Trinajstić information content (AvgIpc) is 2.61. The van der Waals surface area contributed by atoms with Crippen LogP contribution in [0.15, 0.2) is 30.7 Å². The molecule has 0 spiro atoms. The molecule has 1 N–H and O–H groups in total. The van der Waals surface area contributed by atoms with Crippen molar-refractivity contribution in [2.75, 3.05) is 43.4 Å². The minimum absolute atomic E-state index is 0.126. The van der Waals surface area contributed by atoms with E-state index in [-0.39, 0.29) is 5.69 Å². The summed E-state index contributed by atoms with van der Waals surface area (Å²) in [6.07, 6.45) is 4.19. The highest BCUT2D eigenvalue weighted by Crippen LogP contribution is 2.14. The molecule has 9 nitrogen and oxygen atoms in total. The van der Waals surface area contributed by atoms with Crippen molar-refractivity contribution >= 4 is 17.5 Å². The molecule has 0 saturated carbocycles. The number of nitro groups is 1. The maximum absolute atomic E-state index is 10.6. The topological polar surface area (TPSA) is 100 Å². The van der Waals surface area contributed by atoms with Gasteiger partial charge in [-0.2, -0.15) is 0 Å². The maximum Gasteiger partial charge on any atom is 0.305 e. The van der Waals surface area contributed by atoms with Crippen molar-refractivity contribution in [1.29, 1.82) is 0 Å². The van der Waals surface area contributed by atoms with Crippen LogP contribution < -0.4 is 10.2 Å². The lowest BCUT2D eigenvalue weighted by molar-refractivity contribution is -0.385. The van der Waals surface area contributed by atoms with E-state index in [1.54, 1.807) is 0 Å². The fraction of sp³-hybridized carbons (Fsp3) is 0.400. The van der Waals surface area contributed by atoms with Crippen LogP contribution in [-0.2, 0) is 6.54 Å². The summed E-state index contributed by atoms with van der Waals surface area (Å²) < 4.78 is 0. The summed E-state index contributed by atoms with van der Waals surface area (Å²) in [5.74, 6) is 1.34. The van der Waals surface area contributed by atoms with E-state index in [0.717, 1.165) is 37.6 Å². The number of hydrogen-bond donors (Lipinski definition) is 1. The van der Waals surface area contributed by atoms with Crippen molar-refractivity contribution in [3.05, 3.63) is 46.4 Å². The van der Waals surface area contributed by atoms with E-state index in [9.17, 15) is 10.1 Å². The Balaban J connectivity index is 1.55. The van der Waals surface area contributed by atoms with Gasteiger partial charge in [-0.3, -0.25) is 10.1 Å². The monoisotopic (exact) mass is 329 g/mol. The smallest absolute Gasteiger partial charge is 0.305 e. The van der Waals surface area contributed by atoms with Gasteiger partial charge in [-0.25, -0.2) is 15.0 Å². The summed E-state index contributed by atoms with van der Waals surface area (Å²) >= 11 is 0. The third-order valence-corrected chi connectivity index (χ3v) is 3.94. The van der Waals surface area contributed by atoms with Crippen LogP contribution in [0.3, 0.4) is 0 Å². The van der Waals surface area contributed by atoms with Crippen LogP contribution in [-0.4, -0.2) is 58.0 Å². The number of rotatable bonds is 5. The number of nitrogens with zero attached hydrogens (tertiary/aromatic N) is 6. The SMILES string of the molecule is CN1CCN(c2ccc(CNc3ncc([N+](=O)[O-])cn3)cn2)CC1. The van der Waals surface area contributed by atoms with E-state index in [1.807, 2.05) is 18.3 Å². The lowest BCUT2D eigenvalue weighted by Gasteiger charge is -2.33. The minimum Gasteiger partial charge on any atom is -0.354 e. The Bertz CT molecular complexity index is 682. The normalized spacial score (nSPS) is 15.3. The molecule has 3 heterocycles. The first-order chi connectivity index (χ1) is 11.6. The van der Waals surface area contributed by atoms with Crippen LogP contribution in [0.5, 0.6) is 0 Å². The van der Waals surface area contributed by atoms with Crippen molar-refractivity contribution in [2.24, 2.45) is 0 Å². The summed E-state index contributed by atoms with van der Waals surface area (Å²) in [6, 6.07) is 4.03. The van der Waals surface area contributed by atoms with E-state index in [1.165, 1.54) is 12.4 Å². The van der Waals surface area contributed by atoms with Crippen LogP contribution in [0.1, 0.15) is 5.56 Å². The summed E-state index contributed by atoms with van der Waals surface area (Å²) in [4.78, 5) is 27.0. The number of aromatic nitrogens is 3. The molecule has 1 aliphatic heterocycles. The van der Waals surface area contributed by atoms with Crippen molar-refractivity contribution in [3.8, 4) is 0 Å². The molecule has 3 rings (SSSR count). The van der Waals surface area contributed by atoms with Crippen molar-refractivity contribution in [1.82, 2.24) is 19.9 Å². The standard InChI is InChI=1S/C15H19N7O2/c1-20-4-6-21(7-5-20)14-3-2-12(8-16-14)9-17-15-18-10-13(11-19-15)22(23)24/h2-3,8,10-11H,4-7,9H2,1H3,(H,17,18,19). The minimum atomic E-state index is -0.523. The molecule has 0 atom stereocenters. The van der Waals surface area contributed by atoms with E-state index < -0.39 is 4.92 Å². The van der Waals surface area contributed by atoms with Crippen LogP contribution >= 0.6 is 0 Å². The van der Waals surface area contributed by atoms with E-state index in [2.05, 4.69) is 37.1 Å². The molecule has 0 radical (unpaired) electrons. The zero-order valence-electron chi connectivity index (χ0n) is 13.4. The predicted molar refractivity (Wildman–Crippen MR) is 90.0 cm³/mol. The Hall–Kier alpha value is -2.81. The molecular formula is C15H19N7O2. The first-order valence-corrected chi connectivity index (χ1v) is 7.70. The van der Waals surface area contributed by atoms with Gasteiger partial charge in [0, 0.05) is 38.9 Å². The van der Waals surface area contributed by atoms with Crippen LogP contribution in [0, 0.1) is 10.1 Å².